The maximum absolute atomic E-state index is 4.49. The van der Waals surface area contributed by atoms with Gasteiger partial charge < -0.3 is 0 Å². The third kappa shape index (κ3) is 2.98. The first-order valence-electron chi connectivity index (χ1n) is 6.39. The molecule has 0 amide bonds. The molecule has 1 saturated heterocycles. The molecule has 5 heteroatoms. The number of hydrogen-bond acceptors (Lipinski definition) is 5. The number of thiophene rings is 1. The van der Waals surface area contributed by atoms with Gasteiger partial charge in [0.2, 0.25) is 0 Å². The Balaban J connectivity index is 1.57. The highest BCUT2D eigenvalue weighted by molar-refractivity contribution is 7.21. The van der Waals surface area contributed by atoms with Crippen LogP contribution in [0, 0.1) is 0 Å². The second-order valence-electron chi connectivity index (χ2n) is 4.48. The van der Waals surface area contributed by atoms with E-state index in [9.17, 15) is 0 Å². The van der Waals surface area contributed by atoms with Crippen LogP contribution >= 0.6 is 22.7 Å². The quantitative estimate of drug-likeness (QED) is 0.930. The fraction of sp³-hybridized carbons (Fsp3) is 0.462. The highest BCUT2D eigenvalue weighted by Gasteiger charge is 2.10. The molecule has 0 aliphatic carbocycles. The minimum Gasteiger partial charge on any atom is -0.248 e. The van der Waals surface area contributed by atoms with Crippen molar-refractivity contribution in [2.75, 3.05) is 13.1 Å². The van der Waals surface area contributed by atoms with Crippen molar-refractivity contribution in [2.45, 2.75) is 25.8 Å². The van der Waals surface area contributed by atoms with Crippen molar-refractivity contribution in [3.63, 3.8) is 0 Å². The van der Waals surface area contributed by atoms with Gasteiger partial charge in [0, 0.05) is 24.2 Å². The number of piperidine rings is 1. The summed E-state index contributed by atoms with van der Waals surface area (Å²) in [5.74, 6) is 0. The molecule has 2 aromatic heterocycles. The summed E-state index contributed by atoms with van der Waals surface area (Å²) in [5.41, 5.74) is 3.48. The lowest BCUT2D eigenvalue weighted by molar-refractivity contribution is 0.151. The molecule has 0 radical (unpaired) electrons. The van der Waals surface area contributed by atoms with Gasteiger partial charge in [0.05, 0.1) is 11.4 Å². The van der Waals surface area contributed by atoms with Crippen LogP contribution in [-0.2, 0) is 6.54 Å². The van der Waals surface area contributed by atoms with Gasteiger partial charge in [-0.2, -0.15) is 0 Å². The van der Waals surface area contributed by atoms with E-state index in [2.05, 4.69) is 32.9 Å². The van der Waals surface area contributed by atoms with Crippen LogP contribution in [0.3, 0.4) is 0 Å². The van der Waals surface area contributed by atoms with Crippen molar-refractivity contribution in [1.29, 1.82) is 0 Å². The molecular formula is C13H17N3S2. The van der Waals surface area contributed by atoms with Crippen molar-refractivity contribution >= 4 is 22.7 Å². The van der Waals surface area contributed by atoms with E-state index in [1.807, 2.05) is 6.20 Å². The predicted octanol–water partition coefficient (Wildman–Crippen LogP) is 3.36. The average Bonchev–Trinajstić information content (AvgIpc) is 3.08. The lowest BCUT2D eigenvalue weighted by Crippen LogP contribution is -2.41. The fourth-order valence-corrected chi connectivity index (χ4v) is 3.83. The first kappa shape index (κ1) is 12.3. The molecule has 0 bridgehead atoms. The summed E-state index contributed by atoms with van der Waals surface area (Å²) in [6.45, 7) is 3.20. The van der Waals surface area contributed by atoms with Gasteiger partial charge in [-0.25, -0.2) is 15.4 Å². The van der Waals surface area contributed by atoms with Crippen LogP contribution in [0.4, 0.5) is 0 Å². The van der Waals surface area contributed by atoms with Gasteiger partial charge >= 0.3 is 0 Å². The van der Waals surface area contributed by atoms with Crippen LogP contribution in [0.1, 0.15) is 24.3 Å². The normalized spacial score (nSPS) is 17.1. The van der Waals surface area contributed by atoms with Gasteiger partial charge in [-0.05, 0) is 24.3 Å². The maximum atomic E-state index is 4.49. The Bertz CT molecular complexity index is 472. The van der Waals surface area contributed by atoms with E-state index in [1.165, 1.54) is 47.1 Å². The number of hydrogen-bond donors (Lipinski definition) is 1. The monoisotopic (exact) mass is 279 g/mol. The Hall–Kier alpha value is -0.750. The summed E-state index contributed by atoms with van der Waals surface area (Å²) in [4.78, 5) is 7.09. The van der Waals surface area contributed by atoms with Crippen molar-refractivity contribution < 1.29 is 0 Å². The van der Waals surface area contributed by atoms with Crippen molar-refractivity contribution in [2.24, 2.45) is 0 Å². The Morgan fingerprint density at radius 3 is 2.89 bits per heavy atom. The number of thiazole rings is 1. The SMILES string of the molecule is c1csc(-c2cnc(CNN3CCCCC3)s2)c1. The smallest absolute Gasteiger partial charge is 0.108 e. The first-order valence-corrected chi connectivity index (χ1v) is 8.08. The molecule has 3 heterocycles. The zero-order valence-electron chi connectivity index (χ0n) is 10.3. The number of nitrogens with one attached hydrogen (secondary N) is 1. The number of rotatable bonds is 4. The van der Waals surface area contributed by atoms with Crippen molar-refractivity contribution in [3.05, 3.63) is 28.7 Å². The molecule has 3 nitrogen and oxygen atoms in total. The molecule has 1 aliphatic heterocycles. The van der Waals surface area contributed by atoms with Crippen LogP contribution in [0.2, 0.25) is 0 Å². The van der Waals surface area contributed by atoms with Gasteiger partial charge in [-0.3, -0.25) is 0 Å². The third-order valence-electron chi connectivity index (χ3n) is 3.13. The number of nitrogens with zero attached hydrogens (tertiary/aromatic N) is 2. The molecule has 2 aromatic rings. The minimum atomic E-state index is 0.857. The molecule has 3 rings (SSSR count). The van der Waals surface area contributed by atoms with Gasteiger partial charge in [0.15, 0.2) is 0 Å². The van der Waals surface area contributed by atoms with E-state index in [0.29, 0.717) is 0 Å². The molecule has 0 atom stereocenters. The van der Waals surface area contributed by atoms with E-state index in [4.69, 9.17) is 0 Å². The standard InChI is InChI=1S/C13H17N3S2/c1-2-6-16(7-3-1)15-10-13-14-9-12(18-13)11-5-4-8-17-11/h4-5,8-9,15H,1-3,6-7,10H2. The summed E-state index contributed by atoms with van der Waals surface area (Å²) in [5, 5.41) is 5.61. The van der Waals surface area contributed by atoms with E-state index >= 15 is 0 Å². The van der Waals surface area contributed by atoms with Crippen molar-refractivity contribution in [3.8, 4) is 9.75 Å². The summed E-state index contributed by atoms with van der Waals surface area (Å²) in [6, 6.07) is 4.24. The summed E-state index contributed by atoms with van der Waals surface area (Å²) in [6.07, 6.45) is 5.98. The van der Waals surface area contributed by atoms with Crippen LogP contribution < -0.4 is 5.43 Å². The van der Waals surface area contributed by atoms with Gasteiger partial charge in [-0.15, -0.1) is 22.7 Å². The Labute approximate surface area is 115 Å². The summed E-state index contributed by atoms with van der Waals surface area (Å²) < 4.78 is 0. The summed E-state index contributed by atoms with van der Waals surface area (Å²) >= 11 is 3.56. The summed E-state index contributed by atoms with van der Waals surface area (Å²) in [7, 11) is 0. The van der Waals surface area contributed by atoms with E-state index in [1.54, 1.807) is 22.7 Å². The maximum Gasteiger partial charge on any atom is 0.108 e. The Morgan fingerprint density at radius 1 is 1.22 bits per heavy atom. The van der Waals surface area contributed by atoms with Gasteiger partial charge in [0.1, 0.15) is 5.01 Å². The molecule has 0 spiro atoms. The highest BCUT2D eigenvalue weighted by Crippen LogP contribution is 2.29. The largest absolute Gasteiger partial charge is 0.248 e. The third-order valence-corrected chi connectivity index (χ3v) is 5.19. The van der Waals surface area contributed by atoms with Crippen LogP contribution in [-0.4, -0.2) is 23.1 Å². The Morgan fingerprint density at radius 2 is 2.11 bits per heavy atom. The zero-order valence-corrected chi connectivity index (χ0v) is 11.9. The molecule has 0 aromatic carbocycles. The molecule has 0 unspecified atom stereocenters. The van der Waals surface area contributed by atoms with Crippen LogP contribution in [0.5, 0.6) is 0 Å². The second kappa shape index (κ2) is 5.93. The molecule has 1 fully saturated rings. The first-order chi connectivity index (χ1) is 8.92. The lowest BCUT2D eigenvalue weighted by Gasteiger charge is -2.26. The molecule has 18 heavy (non-hydrogen) atoms. The second-order valence-corrected chi connectivity index (χ2v) is 6.54. The Kier molecular flexibility index (Phi) is 4.05. The highest BCUT2D eigenvalue weighted by atomic mass is 32.1. The lowest BCUT2D eigenvalue weighted by atomic mass is 10.2. The molecule has 96 valence electrons. The number of aromatic nitrogens is 1. The molecule has 1 aliphatic rings. The van der Waals surface area contributed by atoms with E-state index in [0.717, 1.165) is 6.54 Å². The van der Waals surface area contributed by atoms with E-state index < -0.39 is 0 Å². The molecule has 1 N–H and O–H groups in total. The van der Waals surface area contributed by atoms with Crippen molar-refractivity contribution in [1.82, 2.24) is 15.4 Å². The average molecular weight is 279 g/mol. The van der Waals surface area contributed by atoms with Gasteiger partial charge in [-0.1, -0.05) is 12.5 Å². The molecular weight excluding hydrogens is 262 g/mol. The van der Waals surface area contributed by atoms with Crippen LogP contribution in [0.25, 0.3) is 9.75 Å². The molecule has 0 saturated carbocycles. The topological polar surface area (TPSA) is 28.2 Å². The number of hydrazine groups is 1. The van der Waals surface area contributed by atoms with E-state index in [-0.39, 0.29) is 0 Å². The van der Waals surface area contributed by atoms with Crippen LogP contribution in [0.15, 0.2) is 23.7 Å². The fourth-order valence-electron chi connectivity index (χ4n) is 2.16. The minimum absolute atomic E-state index is 0.857. The zero-order chi connectivity index (χ0) is 12.2. The van der Waals surface area contributed by atoms with Gasteiger partial charge in [0.25, 0.3) is 0 Å². The predicted molar refractivity (Wildman–Crippen MR) is 77.7 cm³/mol.